The molecule has 15 heavy (non-hydrogen) atoms. The van der Waals surface area contributed by atoms with Crippen molar-refractivity contribution in [1.29, 1.82) is 0 Å². The van der Waals surface area contributed by atoms with E-state index in [1.807, 2.05) is 0 Å². The van der Waals surface area contributed by atoms with Gasteiger partial charge < -0.3 is 0 Å². The largest absolute Gasteiger partial charge is 0.264 e. The molecule has 0 amide bonds. The maximum atomic E-state index is 11.1. The van der Waals surface area contributed by atoms with Crippen LogP contribution in [0.25, 0.3) is 10.4 Å². The molecule has 1 aromatic rings. The standard InChI is InChI=1S/C6H5N3O4S2/c7-8-9-15(12,13)6-3-1-5(2-4-6)14(10)11/h1-4,14H. The number of hydrogen-bond acceptors (Lipinski definition) is 4. The molecular formula is C6H5N3O4S2. The first-order valence-corrected chi connectivity index (χ1v) is 6.15. The lowest BCUT2D eigenvalue weighted by Gasteiger charge is -1.96. The third-order valence-corrected chi connectivity index (χ3v) is 3.37. The molecule has 0 aromatic heterocycles. The molecule has 0 spiro atoms. The molecule has 0 saturated heterocycles. The minimum Gasteiger partial charge on any atom is -0.227 e. The van der Waals surface area contributed by atoms with Crippen LogP contribution in [0.1, 0.15) is 0 Å². The minimum absolute atomic E-state index is 0.00936. The van der Waals surface area contributed by atoms with E-state index in [1.54, 1.807) is 0 Å². The van der Waals surface area contributed by atoms with Gasteiger partial charge in [0.15, 0.2) is 10.7 Å². The average Bonchev–Trinajstić information content (AvgIpc) is 2.18. The van der Waals surface area contributed by atoms with Crippen LogP contribution in [0.3, 0.4) is 0 Å². The number of azide groups is 1. The minimum atomic E-state index is -4.04. The molecule has 0 unspecified atom stereocenters. The molecule has 9 heteroatoms. The van der Waals surface area contributed by atoms with Crippen molar-refractivity contribution in [3.63, 3.8) is 0 Å². The topological polar surface area (TPSA) is 117 Å². The number of rotatable bonds is 3. The van der Waals surface area contributed by atoms with Gasteiger partial charge in [0.1, 0.15) is 0 Å². The van der Waals surface area contributed by atoms with Crippen LogP contribution >= 0.6 is 0 Å². The van der Waals surface area contributed by atoms with E-state index in [2.05, 4.69) is 9.43 Å². The molecule has 0 aliphatic rings. The maximum Gasteiger partial charge on any atom is 0.264 e. The molecule has 0 saturated carbocycles. The first kappa shape index (κ1) is 11.5. The molecule has 7 nitrogen and oxygen atoms in total. The van der Waals surface area contributed by atoms with E-state index < -0.39 is 20.7 Å². The van der Waals surface area contributed by atoms with Crippen molar-refractivity contribution in [2.75, 3.05) is 0 Å². The Hall–Kier alpha value is -1.57. The van der Waals surface area contributed by atoms with Crippen molar-refractivity contribution in [3.8, 4) is 0 Å². The lowest BCUT2D eigenvalue weighted by molar-refractivity contribution is 0.596. The lowest BCUT2D eigenvalue weighted by Crippen LogP contribution is -1.95. The molecule has 0 fully saturated rings. The highest BCUT2D eigenvalue weighted by Gasteiger charge is 2.11. The molecule has 1 aromatic carbocycles. The van der Waals surface area contributed by atoms with Crippen molar-refractivity contribution < 1.29 is 16.8 Å². The molecule has 0 heterocycles. The van der Waals surface area contributed by atoms with Crippen molar-refractivity contribution >= 4 is 20.7 Å². The van der Waals surface area contributed by atoms with E-state index >= 15 is 0 Å². The molecule has 0 bridgehead atoms. The van der Waals surface area contributed by atoms with Crippen LogP contribution in [0.5, 0.6) is 0 Å². The normalized spacial score (nSPS) is 11.0. The van der Waals surface area contributed by atoms with Crippen molar-refractivity contribution in [2.45, 2.75) is 9.79 Å². The van der Waals surface area contributed by atoms with Gasteiger partial charge in [-0.1, -0.05) is 0 Å². The van der Waals surface area contributed by atoms with Crippen LogP contribution < -0.4 is 0 Å². The molecule has 80 valence electrons. The van der Waals surface area contributed by atoms with E-state index in [4.69, 9.17) is 5.53 Å². The van der Waals surface area contributed by atoms with Crippen molar-refractivity contribution in [1.82, 2.24) is 0 Å². The lowest BCUT2D eigenvalue weighted by atomic mass is 10.4. The summed E-state index contributed by atoms with van der Waals surface area (Å²) in [5.74, 6) is 0. The van der Waals surface area contributed by atoms with Crippen LogP contribution in [0.2, 0.25) is 0 Å². The number of hydrogen-bond donors (Lipinski definition) is 1. The molecule has 1 rings (SSSR count). The Morgan fingerprint density at radius 3 is 2.13 bits per heavy atom. The highest BCUT2D eigenvalue weighted by molar-refractivity contribution is 7.90. The Kier molecular flexibility index (Phi) is 3.30. The van der Waals surface area contributed by atoms with Crippen LogP contribution in [-0.2, 0) is 20.7 Å². The van der Waals surface area contributed by atoms with Gasteiger partial charge in [0.2, 0.25) is 0 Å². The summed E-state index contributed by atoms with van der Waals surface area (Å²) in [6.07, 6.45) is 0. The van der Waals surface area contributed by atoms with E-state index in [-0.39, 0.29) is 9.79 Å². The highest BCUT2D eigenvalue weighted by atomic mass is 32.2. The van der Waals surface area contributed by atoms with Gasteiger partial charge in [0.25, 0.3) is 10.0 Å². The quantitative estimate of drug-likeness (QED) is 0.365. The summed E-state index contributed by atoms with van der Waals surface area (Å²) in [7, 11) is -6.79. The number of nitrogens with zero attached hydrogens (tertiary/aromatic N) is 3. The summed E-state index contributed by atoms with van der Waals surface area (Å²) in [6.45, 7) is 0. The van der Waals surface area contributed by atoms with Crippen LogP contribution in [0.4, 0.5) is 0 Å². The fourth-order valence-corrected chi connectivity index (χ4v) is 1.90. The Morgan fingerprint density at radius 2 is 1.73 bits per heavy atom. The monoisotopic (exact) mass is 247 g/mol. The second-order valence-corrected chi connectivity index (χ2v) is 5.01. The first-order chi connectivity index (χ1) is 6.97. The van der Waals surface area contributed by atoms with Gasteiger partial charge in [0, 0.05) is 9.43 Å². The fourth-order valence-electron chi connectivity index (χ4n) is 0.835. The van der Waals surface area contributed by atoms with Gasteiger partial charge in [-0.15, -0.1) is 0 Å². The Morgan fingerprint density at radius 1 is 1.20 bits per heavy atom. The molecule has 0 N–H and O–H groups in total. The zero-order valence-corrected chi connectivity index (χ0v) is 8.85. The Bertz CT molecular complexity index is 573. The second-order valence-electron chi connectivity index (χ2n) is 2.40. The number of thiol groups is 1. The van der Waals surface area contributed by atoms with Gasteiger partial charge in [-0.3, -0.25) is 0 Å². The summed E-state index contributed by atoms with van der Waals surface area (Å²) in [5.41, 5.74) is 7.99. The van der Waals surface area contributed by atoms with Crippen molar-refractivity contribution in [2.24, 2.45) is 4.52 Å². The summed E-state index contributed by atoms with van der Waals surface area (Å²) in [6, 6.07) is 4.35. The maximum absolute atomic E-state index is 11.1. The summed E-state index contributed by atoms with van der Waals surface area (Å²) in [5, 5.41) is 0. The molecule has 0 aliphatic heterocycles. The smallest absolute Gasteiger partial charge is 0.227 e. The van der Waals surface area contributed by atoms with E-state index in [0.717, 1.165) is 24.3 Å². The summed E-state index contributed by atoms with van der Waals surface area (Å²) < 4.78 is 45.9. The fraction of sp³-hybridized carbons (Fsp3) is 0. The predicted molar refractivity (Wildman–Crippen MR) is 51.4 cm³/mol. The average molecular weight is 247 g/mol. The third-order valence-electron chi connectivity index (χ3n) is 1.49. The molecule has 0 radical (unpaired) electrons. The number of sulfonamides is 1. The van der Waals surface area contributed by atoms with Gasteiger partial charge >= 0.3 is 0 Å². The Balaban J connectivity index is 3.26. The van der Waals surface area contributed by atoms with Crippen LogP contribution in [-0.4, -0.2) is 16.8 Å². The van der Waals surface area contributed by atoms with Gasteiger partial charge in [-0.25, -0.2) is 16.8 Å². The molecular weight excluding hydrogens is 242 g/mol. The predicted octanol–water partition coefficient (Wildman–Crippen LogP) is 0.656. The van der Waals surface area contributed by atoms with Gasteiger partial charge in [0.05, 0.1) is 9.79 Å². The third kappa shape index (κ3) is 2.69. The molecule has 0 aliphatic carbocycles. The summed E-state index contributed by atoms with van der Waals surface area (Å²) in [4.78, 5) is 1.90. The van der Waals surface area contributed by atoms with Crippen LogP contribution in [0, 0.1) is 0 Å². The van der Waals surface area contributed by atoms with E-state index in [1.165, 1.54) is 0 Å². The van der Waals surface area contributed by atoms with Gasteiger partial charge in [-0.2, -0.15) is 0 Å². The zero-order chi connectivity index (χ0) is 11.5. The van der Waals surface area contributed by atoms with Crippen LogP contribution in [0.15, 0.2) is 38.6 Å². The zero-order valence-electron chi connectivity index (χ0n) is 7.14. The second kappa shape index (κ2) is 4.30. The SMILES string of the molecule is [N-]=[N+]=NS(=O)(=O)c1ccc([SH](=O)=O)cc1. The van der Waals surface area contributed by atoms with Gasteiger partial charge in [-0.05, 0) is 29.8 Å². The number of benzene rings is 1. The first-order valence-electron chi connectivity index (χ1n) is 3.53. The van der Waals surface area contributed by atoms with E-state index in [0.29, 0.717) is 0 Å². The van der Waals surface area contributed by atoms with Crippen molar-refractivity contribution in [3.05, 3.63) is 34.7 Å². The van der Waals surface area contributed by atoms with E-state index in [9.17, 15) is 16.8 Å². The highest BCUT2D eigenvalue weighted by Crippen LogP contribution is 2.13. The Labute approximate surface area is 87.0 Å². The molecule has 0 atom stereocenters. The summed E-state index contributed by atoms with van der Waals surface area (Å²) >= 11 is 0.